The van der Waals surface area contributed by atoms with Crippen molar-refractivity contribution in [1.82, 2.24) is 10.2 Å². The summed E-state index contributed by atoms with van der Waals surface area (Å²) < 4.78 is 0. The zero-order valence-corrected chi connectivity index (χ0v) is 16.1. The van der Waals surface area contributed by atoms with E-state index >= 15 is 0 Å². The van der Waals surface area contributed by atoms with Crippen LogP contribution in [0.5, 0.6) is 0 Å². The molecule has 0 heterocycles. The molecule has 1 amide bonds. The summed E-state index contributed by atoms with van der Waals surface area (Å²) >= 11 is 0. The lowest BCUT2D eigenvalue weighted by molar-refractivity contribution is -0.122. The maximum Gasteiger partial charge on any atom is 0.220 e. The first kappa shape index (κ1) is 20.7. The summed E-state index contributed by atoms with van der Waals surface area (Å²) in [6.07, 6.45) is 7.47. The van der Waals surface area contributed by atoms with Gasteiger partial charge in [-0.2, -0.15) is 0 Å². The molecule has 0 aliphatic carbocycles. The van der Waals surface area contributed by atoms with Gasteiger partial charge >= 0.3 is 0 Å². The Balaban J connectivity index is 2.90. The Kier molecular flexibility index (Phi) is 9.70. The maximum absolute atomic E-state index is 12.6. The Morgan fingerprint density at radius 3 is 2.12 bits per heavy atom. The van der Waals surface area contributed by atoms with Crippen LogP contribution in [0.1, 0.15) is 64.4 Å². The van der Waals surface area contributed by atoms with Gasteiger partial charge in [0.15, 0.2) is 0 Å². The minimum Gasteiger partial charge on any atom is -0.355 e. The predicted octanol–water partition coefficient (Wildman–Crippen LogP) is 4.37. The lowest BCUT2D eigenvalue weighted by Gasteiger charge is -2.34. The van der Waals surface area contributed by atoms with Crippen LogP contribution in [0.3, 0.4) is 0 Å². The highest BCUT2D eigenvalue weighted by Gasteiger charge is 2.33. The lowest BCUT2D eigenvalue weighted by atomic mass is 9.70. The first-order valence-corrected chi connectivity index (χ1v) is 9.51. The molecule has 24 heavy (non-hydrogen) atoms. The van der Waals surface area contributed by atoms with E-state index in [1.54, 1.807) is 0 Å². The molecular weight excluding hydrogens is 296 g/mol. The van der Waals surface area contributed by atoms with Crippen LogP contribution in [-0.4, -0.2) is 38.0 Å². The number of carbonyl (C=O) groups is 1. The first-order chi connectivity index (χ1) is 11.5. The minimum absolute atomic E-state index is 0.0184. The number of rotatable bonds is 12. The lowest BCUT2D eigenvalue weighted by Crippen LogP contribution is -2.37. The molecule has 0 aliphatic rings. The highest BCUT2D eigenvalue weighted by Crippen LogP contribution is 2.38. The molecule has 0 aromatic heterocycles. The van der Waals surface area contributed by atoms with Gasteiger partial charge < -0.3 is 10.2 Å². The molecule has 0 spiro atoms. The quantitative estimate of drug-likeness (QED) is 0.616. The van der Waals surface area contributed by atoms with Gasteiger partial charge in [-0.1, -0.05) is 69.9 Å². The molecule has 0 aliphatic heterocycles. The monoisotopic (exact) mass is 332 g/mol. The van der Waals surface area contributed by atoms with Gasteiger partial charge in [-0.3, -0.25) is 4.79 Å². The second kappa shape index (κ2) is 11.2. The van der Waals surface area contributed by atoms with Crippen LogP contribution in [0.25, 0.3) is 0 Å². The number of benzene rings is 1. The largest absolute Gasteiger partial charge is 0.355 e. The van der Waals surface area contributed by atoms with Gasteiger partial charge in [0.25, 0.3) is 0 Å². The van der Waals surface area contributed by atoms with Crippen LogP contribution >= 0.6 is 0 Å². The van der Waals surface area contributed by atoms with E-state index in [0.29, 0.717) is 6.42 Å². The smallest absolute Gasteiger partial charge is 0.220 e. The van der Waals surface area contributed by atoms with E-state index in [4.69, 9.17) is 0 Å². The molecule has 0 unspecified atom stereocenters. The van der Waals surface area contributed by atoms with Crippen LogP contribution in [0.15, 0.2) is 30.3 Å². The van der Waals surface area contributed by atoms with Crippen molar-refractivity contribution in [2.75, 3.05) is 27.2 Å². The zero-order valence-electron chi connectivity index (χ0n) is 16.1. The van der Waals surface area contributed by atoms with Gasteiger partial charge in [0, 0.05) is 24.9 Å². The van der Waals surface area contributed by atoms with Crippen molar-refractivity contribution in [1.29, 1.82) is 0 Å². The zero-order chi connectivity index (χ0) is 17.8. The maximum atomic E-state index is 12.6. The summed E-state index contributed by atoms with van der Waals surface area (Å²) in [5.41, 5.74) is 1.31. The average Bonchev–Trinajstić information content (AvgIpc) is 2.58. The van der Waals surface area contributed by atoms with E-state index in [1.807, 2.05) is 14.1 Å². The SMILES string of the molecule is CCCCC(CCCC)(CC(=O)NCCN(C)C)c1ccccc1. The fourth-order valence-electron chi connectivity index (χ4n) is 3.30. The number of amides is 1. The van der Waals surface area contributed by atoms with Gasteiger partial charge in [-0.05, 0) is 32.5 Å². The number of unbranched alkanes of at least 4 members (excludes halogenated alkanes) is 2. The van der Waals surface area contributed by atoms with Crippen LogP contribution in [0.4, 0.5) is 0 Å². The Hall–Kier alpha value is -1.35. The summed E-state index contributed by atoms with van der Waals surface area (Å²) in [6.45, 7) is 6.06. The van der Waals surface area contributed by atoms with Crippen molar-refractivity contribution in [3.63, 3.8) is 0 Å². The van der Waals surface area contributed by atoms with Gasteiger partial charge in [-0.15, -0.1) is 0 Å². The molecule has 3 heteroatoms. The molecule has 0 atom stereocenters. The van der Waals surface area contributed by atoms with E-state index < -0.39 is 0 Å². The van der Waals surface area contributed by atoms with Crippen LogP contribution in [-0.2, 0) is 10.2 Å². The topological polar surface area (TPSA) is 32.3 Å². The molecule has 0 saturated heterocycles. The van der Waals surface area contributed by atoms with Crippen molar-refractivity contribution in [2.45, 2.75) is 64.2 Å². The highest BCUT2D eigenvalue weighted by atomic mass is 16.1. The van der Waals surface area contributed by atoms with Gasteiger partial charge in [0.1, 0.15) is 0 Å². The summed E-state index contributed by atoms with van der Waals surface area (Å²) in [7, 11) is 4.06. The first-order valence-electron chi connectivity index (χ1n) is 9.51. The van der Waals surface area contributed by atoms with Crippen molar-refractivity contribution in [2.24, 2.45) is 0 Å². The molecule has 1 rings (SSSR count). The fourth-order valence-corrected chi connectivity index (χ4v) is 3.30. The number of nitrogens with zero attached hydrogens (tertiary/aromatic N) is 1. The summed E-state index contributed by atoms with van der Waals surface area (Å²) in [6, 6.07) is 10.7. The standard InChI is InChI=1S/C21H36N2O/c1-5-7-14-21(15-8-6-2,19-12-10-9-11-13-19)18-20(24)22-16-17-23(3)4/h9-13H,5-8,14-18H2,1-4H3,(H,22,24). The second-order valence-electron chi connectivity index (χ2n) is 7.18. The van der Waals surface area contributed by atoms with Crippen LogP contribution in [0.2, 0.25) is 0 Å². The summed E-state index contributed by atoms with van der Waals surface area (Å²) in [5.74, 6) is 0.188. The Morgan fingerprint density at radius 2 is 1.62 bits per heavy atom. The fraction of sp³-hybridized carbons (Fsp3) is 0.667. The van der Waals surface area contributed by atoms with Crippen LogP contribution in [0, 0.1) is 0 Å². The summed E-state index contributed by atoms with van der Waals surface area (Å²) in [5, 5.41) is 3.11. The number of likely N-dealkylation sites (N-methyl/N-ethyl adjacent to an activating group) is 1. The Bertz CT molecular complexity index is 448. The van der Waals surface area contributed by atoms with Crippen molar-refractivity contribution < 1.29 is 4.79 Å². The third-order valence-corrected chi connectivity index (χ3v) is 4.78. The average molecular weight is 333 g/mol. The molecule has 0 radical (unpaired) electrons. The minimum atomic E-state index is -0.0184. The van der Waals surface area contributed by atoms with Gasteiger partial charge in [0.05, 0.1) is 0 Å². The Labute approximate surface area is 148 Å². The van der Waals surface area contributed by atoms with Gasteiger partial charge in [0.2, 0.25) is 5.91 Å². The van der Waals surface area contributed by atoms with Gasteiger partial charge in [-0.25, -0.2) is 0 Å². The van der Waals surface area contributed by atoms with E-state index in [9.17, 15) is 4.79 Å². The number of hydrogen-bond donors (Lipinski definition) is 1. The van der Waals surface area contributed by atoms with E-state index in [1.165, 1.54) is 31.2 Å². The number of carbonyl (C=O) groups excluding carboxylic acids is 1. The molecule has 0 saturated carbocycles. The predicted molar refractivity (Wildman–Crippen MR) is 103 cm³/mol. The number of nitrogens with one attached hydrogen (secondary N) is 1. The molecule has 0 fully saturated rings. The normalized spacial score (nSPS) is 11.7. The molecule has 0 bridgehead atoms. The summed E-state index contributed by atoms with van der Waals surface area (Å²) in [4.78, 5) is 14.7. The third-order valence-electron chi connectivity index (χ3n) is 4.78. The number of hydrogen-bond acceptors (Lipinski definition) is 2. The van der Waals surface area contributed by atoms with Crippen LogP contribution < -0.4 is 5.32 Å². The van der Waals surface area contributed by atoms with E-state index in [0.717, 1.165) is 25.9 Å². The van der Waals surface area contributed by atoms with E-state index in [2.05, 4.69) is 54.4 Å². The molecule has 3 nitrogen and oxygen atoms in total. The second-order valence-corrected chi connectivity index (χ2v) is 7.18. The molecule has 1 aromatic carbocycles. The third kappa shape index (κ3) is 7.04. The van der Waals surface area contributed by atoms with Crippen molar-refractivity contribution in [3.05, 3.63) is 35.9 Å². The van der Waals surface area contributed by atoms with Crippen molar-refractivity contribution in [3.8, 4) is 0 Å². The molecular formula is C21H36N2O. The molecule has 1 N–H and O–H groups in total. The highest BCUT2D eigenvalue weighted by molar-refractivity contribution is 5.77. The molecule has 136 valence electrons. The van der Waals surface area contributed by atoms with E-state index in [-0.39, 0.29) is 11.3 Å². The molecule has 1 aromatic rings. The van der Waals surface area contributed by atoms with Crippen molar-refractivity contribution >= 4 is 5.91 Å². The Morgan fingerprint density at radius 1 is 1.04 bits per heavy atom.